The molecule has 19 heavy (non-hydrogen) atoms. The van der Waals surface area contributed by atoms with E-state index in [1.165, 1.54) is 32.4 Å². The van der Waals surface area contributed by atoms with Crippen LogP contribution in [0.4, 0.5) is 5.69 Å². The molecule has 2 fully saturated rings. The SMILES string of the molecule is N#Cc1ccc(Cl)cc1N1CCC(N2CCCC2)C1. The van der Waals surface area contributed by atoms with Gasteiger partial charge in [-0.1, -0.05) is 11.6 Å². The summed E-state index contributed by atoms with van der Waals surface area (Å²) in [5, 5.41) is 9.92. The average molecular weight is 276 g/mol. The zero-order valence-electron chi connectivity index (χ0n) is 11.0. The first-order valence-corrected chi connectivity index (χ1v) is 7.34. The molecule has 0 amide bonds. The van der Waals surface area contributed by atoms with Gasteiger partial charge in [-0.3, -0.25) is 4.90 Å². The number of likely N-dealkylation sites (tertiary alicyclic amines) is 1. The topological polar surface area (TPSA) is 30.3 Å². The van der Waals surface area contributed by atoms with Crippen molar-refractivity contribution in [3.63, 3.8) is 0 Å². The second-order valence-electron chi connectivity index (χ2n) is 5.40. The molecule has 1 unspecified atom stereocenters. The van der Waals surface area contributed by atoms with Crippen LogP contribution in [0, 0.1) is 11.3 Å². The van der Waals surface area contributed by atoms with E-state index in [0.717, 1.165) is 24.3 Å². The molecule has 2 aliphatic rings. The Kier molecular flexibility index (Phi) is 3.63. The molecule has 4 heteroatoms. The highest BCUT2D eigenvalue weighted by Crippen LogP contribution is 2.29. The third kappa shape index (κ3) is 2.56. The van der Waals surface area contributed by atoms with Gasteiger partial charge in [-0.25, -0.2) is 0 Å². The van der Waals surface area contributed by atoms with Crippen LogP contribution in [0.15, 0.2) is 18.2 Å². The van der Waals surface area contributed by atoms with Crippen molar-refractivity contribution in [2.45, 2.75) is 25.3 Å². The van der Waals surface area contributed by atoms with E-state index < -0.39 is 0 Å². The molecule has 0 bridgehead atoms. The van der Waals surface area contributed by atoms with E-state index in [1.807, 2.05) is 12.1 Å². The second-order valence-corrected chi connectivity index (χ2v) is 5.84. The molecule has 0 saturated carbocycles. The van der Waals surface area contributed by atoms with E-state index in [0.29, 0.717) is 11.1 Å². The lowest BCUT2D eigenvalue weighted by molar-refractivity contribution is 0.260. The second kappa shape index (κ2) is 5.40. The van der Waals surface area contributed by atoms with Gasteiger partial charge >= 0.3 is 0 Å². The zero-order chi connectivity index (χ0) is 13.2. The van der Waals surface area contributed by atoms with E-state index in [1.54, 1.807) is 6.07 Å². The van der Waals surface area contributed by atoms with Crippen LogP contribution in [-0.2, 0) is 0 Å². The monoisotopic (exact) mass is 275 g/mol. The lowest BCUT2D eigenvalue weighted by Crippen LogP contribution is -2.35. The summed E-state index contributed by atoms with van der Waals surface area (Å²) in [7, 11) is 0. The third-order valence-electron chi connectivity index (χ3n) is 4.24. The molecule has 0 radical (unpaired) electrons. The molecule has 1 atom stereocenters. The molecule has 3 rings (SSSR count). The Labute approximate surface area is 119 Å². The van der Waals surface area contributed by atoms with E-state index in [9.17, 15) is 5.26 Å². The summed E-state index contributed by atoms with van der Waals surface area (Å²) >= 11 is 6.07. The highest BCUT2D eigenvalue weighted by atomic mass is 35.5. The summed E-state index contributed by atoms with van der Waals surface area (Å²) in [6, 6.07) is 8.45. The van der Waals surface area contributed by atoms with E-state index >= 15 is 0 Å². The van der Waals surface area contributed by atoms with E-state index in [4.69, 9.17) is 11.6 Å². The first-order valence-electron chi connectivity index (χ1n) is 6.96. The number of rotatable bonds is 2. The molecule has 1 aromatic rings. The number of nitrogens with zero attached hydrogens (tertiary/aromatic N) is 3. The van der Waals surface area contributed by atoms with Gasteiger partial charge in [0, 0.05) is 24.2 Å². The smallest absolute Gasteiger partial charge is 0.101 e. The van der Waals surface area contributed by atoms with Gasteiger partial charge in [0.25, 0.3) is 0 Å². The van der Waals surface area contributed by atoms with Gasteiger partial charge < -0.3 is 4.90 Å². The minimum Gasteiger partial charge on any atom is -0.369 e. The van der Waals surface area contributed by atoms with Gasteiger partial charge in [0.1, 0.15) is 6.07 Å². The van der Waals surface area contributed by atoms with Crippen molar-refractivity contribution in [2.24, 2.45) is 0 Å². The fraction of sp³-hybridized carbons (Fsp3) is 0.533. The Hall–Kier alpha value is -1.24. The first-order chi connectivity index (χ1) is 9.28. The molecule has 0 aromatic heterocycles. The summed E-state index contributed by atoms with van der Waals surface area (Å²) in [6.07, 6.45) is 3.85. The van der Waals surface area contributed by atoms with E-state index in [-0.39, 0.29) is 0 Å². The normalized spacial score (nSPS) is 23.8. The fourth-order valence-electron chi connectivity index (χ4n) is 3.23. The molecule has 2 aliphatic heterocycles. The molecule has 0 N–H and O–H groups in total. The third-order valence-corrected chi connectivity index (χ3v) is 4.48. The van der Waals surface area contributed by atoms with Crippen molar-refractivity contribution >= 4 is 17.3 Å². The summed E-state index contributed by atoms with van der Waals surface area (Å²) in [5.74, 6) is 0. The Morgan fingerprint density at radius 3 is 2.74 bits per heavy atom. The average Bonchev–Trinajstić information content (AvgIpc) is 3.09. The van der Waals surface area contributed by atoms with Crippen LogP contribution in [0.3, 0.4) is 0 Å². The largest absolute Gasteiger partial charge is 0.369 e. The van der Waals surface area contributed by atoms with Crippen LogP contribution >= 0.6 is 11.6 Å². The van der Waals surface area contributed by atoms with Gasteiger partial charge in [-0.15, -0.1) is 0 Å². The van der Waals surface area contributed by atoms with Crippen LogP contribution in [0.1, 0.15) is 24.8 Å². The molecule has 100 valence electrons. The minimum absolute atomic E-state index is 0.646. The number of hydrogen-bond donors (Lipinski definition) is 0. The summed E-state index contributed by atoms with van der Waals surface area (Å²) < 4.78 is 0. The van der Waals surface area contributed by atoms with Crippen molar-refractivity contribution in [3.8, 4) is 6.07 Å². The van der Waals surface area contributed by atoms with Gasteiger partial charge in [0.2, 0.25) is 0 Å². The Morgan fingerprint density at radius 2 is 2.00 bits per heavy atom. The molecular weight excluding hydrogens is 258 g/mol. The Bertz CT molecular complexity index is 503. The first kappa shape index (κ1) is 12.8. The van der Waals surface area contributed by atoms with Crippen LogP contribution in [-0.4, -0.2) is 37.1 Å². The van der Waals surface area contributed by atoms with Gasteiger partial charge in [-0.05, 0) is 50.6 Å². The highest BCUT2D eigenvalue weighted by molar-refractivity contribution is 6.30. The maximum Gasteiger partial charge on any atom is 0.101 e. The molecule has 2 heterocycles. The molecule has 1 aromatic carbocycles. The Morgan fingerprint density at radius 1 is 1.21 bits per heavy atom. The predicted molar refractivity (Wildman–Crippen MR) is 77.6 cm³/mol. The maximum atomic E-state index is 9.22. The fourth-order valence-corrected chi connectivity index (χ4v) is 3.39. The number of benzene rings is 1. The van der Waals surface area contributed by atoms with Crippen molar-refractivity contribution in [1.82, 2.24) is 4.90 Å². The number of nitriles is 1. The quantitative estimate of drug-likeness (QED) is 0.831. The van der Waals surface area contributed by atoms with Gasteiger partial charge in [0.05, 0.1) is 11.3 Å². The molecule has 0 aliphatic carbocycles. The highest BCUT2D eigenvalue weighted by Gasteiger charge is 2.30. The van der Waals surface area contributed by atoms with Crippen LogP contribution in [0.25, 0.3) is 0 Å². The van der Waals surface area contributed by atoms with Gasteiger partial charge in [-0.2, -0.15) is 5.26 Å². The maximum absolute atomic E-state index is 9.22. The van der Waals surface area contributed by atoms with Crippen molar-refractivity contribution in [1.29, 1.82) is 5.26 Å². The lowest BCUT2D eigenvalue weighted by Gasteiger charge is -2.25. The predicted octanol–water partition coefficient (Wildman–Crippen LogP) is 2.89. The lowest BCUT2D eigenvalue weighted by atomic mass is 10.2. The number of halogens is 1. The summed E-state index contributed by atoms with van der Waals surface area (Å²) in [5.41, 5.74) is 1.73. The standard InChI is InChI=1S/C15H18ClN3/c16-13-4-3-12(10-17)15(9-13)19-8-5-14(11-19)18-6-1-2-7-18/h3-4,9,14H,1-2,5-8,11H2. The van der Waals surface area contributed by atoms with Crippen LogP contribution in [0.2, 0.25) is 5.02 Å². The summed E-state index contributed by atoms with van der Waals surface area (Å²) in [6.45, 7) is 4.52. The Balaban J connectivity index is 1.77. The molecule has 2 saturated heterocycles. The van der Waals surface area contributed by atoms with E-state index in [2.05, 4.69) is 15.9 Å². The minimum atomic E-state index is 0.646. The molecular formula is C15H18ClN3. The number of anilines is 1. The van der Waals surface area contributed by atoms with Gasteiger partial charge in [0.15, 0.2) is 0 Å². The number of hydrogen-bond acceptors (Lipinski definition) is 3. The van der Waals surface area contributed by atoms with Crippen molar-refractivity contribution < 1.29 is 0 Å². The molecule has 0 spiro atoms. The van der Waals surface area contributed by atoms with Crippen molar-refractivity contribution in [2.75, 3.05) is 31.1 Å². The van der Waals surface area contributed by atoms with Crippen molar-refractivity contribution in [3.05, 3.63) is 28.8 Å². The molecule has 3 nitrogen and oxygen atoms in total. The van der Waals surface area contributed by atoms with Crippen LogP contribution in [0.5, 0.6) is 0 Å². The zero-order valence-corrected chi connectivity index (χ0v) is 11.7. The summed E-state index contributed by atoms with van der Waals surface area (Å²) in [4.78, 5) is 4.91. The van der Waals surface area contributed by atoms with Crippen LogP contribution < -0.4 is 4.90 Å².